The fourth-order valence-electron chi connectivity index (χ4n) is 2.29. The lowest BCUT2D eigenvalue weighted by Gasteiger charge is -2.39. The third kappa shape index (κ3) is 2.52. The van der Waals surface area contributed by atoms with Crippen LogP contribution in [0.3, 0.4) is 0 Å². The van der Waals surface area contributed by atoms with Crippen molar-refractivity contribution in [2.45, 2.75) is 38.8 Å². The fourth-order valence-corrected chi connectivity index (χ4v) is 2.29. The number of hydrogen-bond donors (Lipinski definition) is 1. The minimum absolute atomic E-state index is 0.0156. The van der Waals surface area contributed by atoms with Gasteiger partial charge in [-0.1, -0.05) is 13.8 Å². The van der Waals surface area contributed by atoms with Crippen molar-refractivity contribution >= 4 is 5.91 Å². The zero-order valence-electron chi connectivity index (χ0n) is 10.5. The summed E-state index contributed by atoms with van der Waals surface area (Å²) in [6.45, 7) is 5.90. The molecule has 0 spiro atoms. The Morgan fingerprint density at radius 1 is 1.53 bits per heavy atom. The van der Waals surface area contributed by atoms with Crippen LogP contribution in [0.1, 0.15) is 37.2 Å². The number of rotatable bonds is 3. The minimum Gasteiger partial charge on any atom is -0.459 e. The van der Waals surface area contributed by atoms with E-state index >= 15 is 0 Å². The second kappa shape index (κ2) is 5.36. The molecule has 1 N–H and O–H groups in total. The number of nitrogens with one attached hydrogen (secondary N) is 1. The van der Waals surface area contributed by atoms with Crippen molar-refractivity contribution in [1.82, 2.24) is 10.2 Å². The third-order valence-electron chi connectivity index (χ3n) is 3.46. The molecule has 0 aliphatic carbocycles. The Morgan fingerprint density at radius 3 is 2.94 bits per heavy atom. The van der Waals surface area contributed by atoms with E-state index in [1.165, 1.54) is 0 Å². The first-order chi connectivity index (χ1) is 8.26. The molecule has 0 radical (unpaired) electrons. The van der Waals surface area contributed by atoms with Crippen LogP contribution in [0.25, 0.3) is 0 Å². The Hall–Kier alpha value is -1.29. The van der Waals surface area contributed by atoms with Crippen LogP contribution in [0.15, 0.2) is 22.8 Å². The molecule has 94 valence electrons. The van der Waals surface area contributed by atoms with Crippen LogP contribution in [-0.2, 0) is 0 Å². The van der Waals surface area contributed by atoms with Crippen LogP contribution in [-0.4, -0.2) is 36.0 Å². The molecule has 0 saturated carbocycles. The Morgan fingerprint density at radius 2 is 2.35 bits per heavy atom. The summed E-state index contributed by atoms with van der Waals surface area (Å²) in [6.07, 6.45) is 3.56. The first-order valence-electron chi connectivity index (χ1n) is 6.34. The molecule has 4 heteroatoms. The zero-order valence-corrected chi connectivity index (χ0v) is 10.5. The monoisotopic (exact) mass is 236 g/mol. The lowest BCUT2D eigenvalue weighted by molar-refractivity contribution is 0.0544. The van der Waals surface area contributed by atoms with Gasteiger partial charge in [0.2, 0.25) is 0 Å². The Bertz CT molecular complexity index is 362. The Balaban J connectivity index is 2.12. The normalized spacial score (nSPS) is 24.9. The molecule has 0 bridgehead atoms. The van der Waals surface area contributed by atoms with Crippen LogP contribution in [0.2, 0.25) is 0 Å². The summed E-state index contributed by atoms with van der Waals surface area (Å²) in [5, 5.41) is 3.48. The highest BCUT2D eigenvalue weighted by atomic mass is 16.3. The molecule has 1 saturated heterocycles. The van der Waals surface area contributed by atoms with Crippen molar-refractivity contribution in [2.75, 3.05) is 13.1 Å². The van der Waals surface area contributed by atoms with E-state index in [-0.39, 0.29) is 11.9 Å². The Kier molecular flexibility index (Phi) is 3.84. The summed E-state index contributed by atoms with van der Waals surface area (Å²) in [4.78, 5) is 14.2. The van der Waals surface area contributed by atoms with Crippen LogP contribution in [0, 0.1) is 0 Å². The van der Waals surface area contributed by atoms with Crippen LogP contribution in [0.4, 0.5) is 0 Å². The van der Waals surface area contributed by atoms with E-state index in [4.69, 9.17) is 4.42 Å². The molecule has 1 aromatic rings. The fraction of sp³-hybridized carbons (Fsp3) is 0.615. The summed E-state index contributed by atoms with van der Waals surface area (Å²) in [6, 6.07) is 4.17. The molecule has 1 amide bonds. The van der Waals surface area contributed by atoms with E-state index in [9.17, 15) is 4.79 Å². The lowest BCUT2D eigenvalue weighted by atomic mass is 10.0. The van der Waals surface area contributed by atoms with Gasteiger partial charge in [0.15, 0.2) is 5.76 Å². The molecule has 2 rings (SSSR count). The highest BCUT2D eigenvalue weighted by Gasteiger charge is 2.31. The van der Waals surface area contributed by atoms with Gasteiger partial charge in [-0.05, 0) is 25.0 Å². The second-order valence-electron chi connectivity index (χ2n) is 4.51. The van der Waals surface area contributed by atoms with Crippen LogP contribution >= 0.6 is 0 Å². The maximum absolute atomic E-state index is 12.3. The van der Waals surface area contributed by atoms with Gasteiger partial charge in [0.1, 0.15) is 0 Å². The summed E-state index contributed by atoms with van der Waals surface area (Å²) in [7, 11) is 0. The third-order valence-corrected chi connectivity index (χ3v) is 3.46. The van der Waals surface area contributed by atoms with Crippen molar-refractivity contribution in [3.8, 4) is 0 Å². The number of nitrogens with zero attached hydrogens (tertiary/aromatic N) is 1. The maximum Gasteiger partial charge on any atom is 0.289 e. The minimum atomic E-state index is 0.0156. The molecular formula is C13H20N2O2. The predicted octanol–water partition coefficient (Wildman–Crippen LogP) is 1.88. The molecule has 1 fully saturated rings. The van der Waals surface area contributed by atoms with Crippen molar-refractivity contribution in [1.29, 1.82) is 0 Å². The van der Waals surface area contributed by atoms with Crippen molar-refractivity contribution in [2.24, 2.45) is 0 Å². The number of carbonyl (C=O) groups excluding carboxylic acids is 1. The molecule has 1 aromatic heterocycles. The first kappa shape index (κ1) is 12.2. The van der Waals surface area contributed by atoms with Gasteiger partial charge >= 0.3 is 0 Å². The largest absolute Gasteiger partial charge is 0.459 e. The van der Waals surface area contributed by atoms with Gasteiger partial charge in [-0.25, -0.2) is 0 Å². The summed E-state index contributed by atoms with van der Waals surface area (Å²) < 4.78 is 5.20. The lowest BCUT2D eigenvalue weighted by Crippen LogP contribution is -2.57. The maximum atomic E-state index is 12.3. The standard InChI is InChI=1S/C13H20N2O2/c1-3-10-9-15(11(4-2)8-14-10)13(16)12-6-5-7-17-12/h5-7,10-11,14H,3-4,8-9H2,1-2H3. The summed E-state index contributed by atoms with van der Waals surface area (Å²) in [5.41, 5.74) is 0. The van der Waals surface area contributed by atoms with Gasteiger partial charge in [0.05, 0.1) is 6.26 Å². The average Bonchev–Trinajstić information content (AvgIpc) is 2.91. The molecule has 1 aliphatic rings. The highest BCUT2D eigenvalue weighted by molar-refractivity contribution is 5.91. The number of furan rings is 1. The van der Waals surface area contributed by atoms with E-state index in [1.807, 2.05) is 4.90 Å². The number of piperazine rings is 1. The number of amides is 1. The molecule has 2 atom stereocenters. The van der Waals surface area contributed by atoms with Gasteiger partial charge in [-0.2, -0.15) is 0 Å². The highest BCUT2D eigenvalue weighted by Crippen LogP contribution is 2.16. The molecule has 1 aliphatic heterocycles. The average molecular weight is 236 g/mol. The smallest absolute Gasteiger partial charge is 0.289 e. The SMILES string of the molecule is CCC1CN(C(=O)c2ccco2)C(CC)CN1. The van der Waals surface area contributed by atoms with Crippen molar-refractivity contribution < 1.29 is 9.21 Å². The number of hydrogen-bond acceptors (Lipinski definition) is 3. The van der Waals surface area contributed by atoms with Crippen LogP contribution < -0.4 is 5.32 Å². The van der Waals surface area contributed by atoms with Gasteiger partial charge in [0.25, 0.3) is 5.91 Å². The van der Waals surface area contributed by atoms with Gasteiger partial charge in [-0.3, -0.25) is 4.79 Å². The molecular weight excluding hydrogens is 216 g/mol. The van der Waals surface area contributed by atoms with Crippen molar-refractivity contribution in [3.63, 3.8) is 0 Å². The summed E-state index contributed by atoms with van der Waals surface area (Å²) >= 11 is 0. The number of carbonyl (C=O) groups is 1. The van der Waals surface area contributed by atoms with Gasteiger partial charge in [0, 0.05) is 25.2 Å². The zero-order chi connectivity index (χ0) is 12.3. The van der Waals surface area contributed by atoms with E-state index < -0.39 is 0 Å². The molecule has 4 nitrogen and oxygen atoms in total. The molecule has 17 heavy (non-hydrogen) atoms. The summed E-state index contributed by atoms with van der Waals surface area (Å²) in [5.74, 6) is 0.460. The van der Waals surface area contributed by atoms with Gasteiger partial charge in [-0.15, -0.1) is 0 Å². The van der Waals surface area contributed by atoms with E-state index in [0.29, 0.717) is 11.8 Å². The topological polar surface area (TPSA) is 45.5 Å². The van der Waals surface area contributed by atoms with E-state index in [1.54, 1.807) is 18.4 Å². The van der Waals surface area contributed by atoms with E-state index in [2.05, 4.69) is 19.2 Å². The van der Waals surface area contributed by atoms with E-state index in [0.717, 1.165) is 25.9 Å². The molecule has 2 unspecified atom stereocenters. The molecule has 2 heterocycles. The van der Waals surface area contributed by atoms with Crippen LogP contribution in [0.5, 0.6) is 0 Å². The quantitative estimate of drug-likeness (QED) is 0.871. The predicted molar refractivity (Wildman–Crippen MR) is 65.9 cm³/mol. The first-order valence-corrected chi connectivity index (χ1v) is 6.34. The second-order valence-corrected chi connectivity index (χ2v) is 4.51. The Labute approximate surface area is 102 Å². The molecule has 0 aromatic carbocycles. The van der Waals surface area contributed by atoms with Gasteiger partial charge < -0.3 is 14.6 Å². The van der Waals surface area contributed by atoms with Crippen molar-refractivity contribution in [3.05, 3.63) is 24.2 Å².